The monoisotopic (exact) mass is 271 g/mol. The van der Waals surface area contributed by atoms with Gasteiger partial charge < -0.3 is 21.5 Å². The zero-order valence-electron chi connectivity index (χ0n) is 9.61. The van der Waals surface area contributed by atoms with E-state index in [1.807, 2.05) is 0 Å². The topological polar surface area (TPSA) is 90.4 Å². The Hall–Kier alpha value is -1.73. The van der Waals surface area contributed by atoms with Gasteiger partial charge in [-0.15, -0.1) is 0 Å². The van der Waals surface area contributed by atoms with Crippen LogP contribution in [0.2, 0.25) is 0 Å². The second-order valence-corrected chi connectivity index (χ2v) is 3.91. The predicted octanol–water partition coefficient (Wildman–Crippen LogP) is 0.374. The Labute approximate surface area is 109 Å². The Morgan fingerprint density at radius 3 is 2.78 bits per heavy atom. The molecular formula is C11H14FN3O2S. The van der Waals surface area contributed by atoms with Gasteiger partial charge >= 0.3 is 0 Å². The summed E-state index contributed by atoms with van der Waals surface area (Å²) in [6.07, 6.45) is 0. The molecule has 0 spiro atoms. The van der Waals surface area contributed by atoms with Crippen molar-refractivity contribution in [2.45, 2.75) is 0 Å². The summed E-state index contributed by atoms with van der Waals surface area (Å²) in [6.45, 7) is 0.496. The van der Waals surface area contributed by atoms with E-state index in [-0.39, 0.29) is 23.8 Å². The summed E-state index contributed by atoms with van der Waals surface area (Å²) < 4.78 is 18.4. The lowest BCUT2D eigenvalue weighted by atomic mass is 10.1. The summed E-state index contributed by atoms with van der Waals surface area (Å²) in [5, 5.41) is 2.92. The standard InChI is InChI=1S/C11H14FN3O2S/c12-7-2-1-3-8(10(7)11(14)18)15-4-5-17-6-9(13)16/h1-3,15H,4-6H2,(H2,13,16)(H2,14,18). The Balaban J connectivity index is 2.54. The first-order chi connectivity index (χ1) is 8.52. The van der Waals surface area contributed by atoms with Crippen molar-refractivity contribution < 1.29 is 13.9 Å². The largest absolute Gasteiger partial charge is 0.389 e. The molecule has 5 N–H and O–H groups in total. The zero-order valence-corrected chi connectivity index (χ0v) is 10.4. The van der Waals surface area contributed by atoms with Crippen molar-refractivity contribution in [2.75, 3.05) is 25.1 Å². The number of rotatable bonds is 7. The summed E-state index contributed by atoms with van der Waals surface area (Å²) in [6, 6.07) is 4.48. The minimum absolute atomic E-state index is 0.0198. The molecule has 0 unspecified atom stereocenters. The van der Waals surface area contributed by atoms with Crippen LogP contribution in [-0.4, -0.2) is 30.7 Å². The molecule has 0 heterocycles. The van der Waals surface area contributed by atoms with Crippen LogP contribution in [0.3, 0.4) is 0 Å². The molecule has 98 valence electrons. The number of amides is 1. The van der Waals surface area contributed by atoms with Crippen LogP contribution in [-0.2, 0) is 9.53 Å². The number of nitrogens with two attached hydrogens (primary N) is 2. The van der Waals surface area contributed by atoms with Crippen molar-refractivity contribution in [3.8, 4) is 0 Å². The van der Waals surface area contributed by atoms with Crippen molar-refractivity contribution in [3.63, 3.8) is 0 Å². The van der Waals surface area contributed by atoms with Crippen LogP contribution < -0.4 is 16.8 Å². The highest BCUT2D eigenvalue weighted by Crippen LogP contribution is 2.18. The van der Waals surface area contributed by atoms with Crippen LogP contribution in [0, 0.1) is 5.82 Å². The van der Waals surface area contributed by atoms with Gasteiger partial charge in [-0.25, -0.2) is 4.39 Å². The maximum absolute atomic E-state index is 13.5. The number of thiocarbonyl (C=S) groups is 1. The van der Waals surface area contributed by atoms with Crippen molar-refractivity contribution >= 4 is 28.8 Å². The number of halogens is 1. The molecule has 0 bridgehead atoms. The number of benzene rings is 1. The zero-order chi connectivity index (χ0) is 13.5. The van der Waals surface area contributed by atoms with Crippen molar-refractivity contribution in [1.82, 2.24) is 0 Å². The third kappa shape index (κ3) is 4.27. The molecule has 5 nitrogen and oxygen atoms in total. The molecule has 0 saturated carbocycles. The van der Waals surface area contributed by atoms with E-state index in [0.29, 0.717) is 12.2 Å². The van der Waals surface area contributed by atoms with Gasteiger partial charge in [0.2, 0.25) is 5.91 Å². The lowest BCUT2D eigenvalue weighted by Gasteiger charge is -2.11. The third-order valence-electron chi connectivity index (χ3n) is 2.07. The van der Waals surface area contributed by atoms with E-state index >= 15 is 0 Å². The van der Waals surface area contributed by atoms with Gasteiger partial charge in [-0.2, -0.15) is 0 Å². The van der Waals surface area contributed by atoms with E-state index in [2.05, 4.69) is 5.32 Å². The second kappa shape index (κ2) is 6.87. The summed E-state index contributed by atoms with van der Waals surface area (Å²) in [4.78, 5) is 10.4. The van der Waals surface area contributed by atoms with E-state index in [9.17, 15) is 9.18 Å². The first-order valence-corrected chi connectivity index (χ1v) is 5.61. The third-order valence-corrected chi connectivity index (χ3v) is 2.27. The number of hydrogen-bond acceptors (Lipinski definition) is 4. The number of carbonyl (C=O) groups is 1. The molecule has 18 heavy (non-hydrogen) atoms. The minimum Gasteiger partial charge on any atom is -0.389 e. The Kier molecular flexibility index (Phi) is 5.47. The Morgan fingerprint density at radius 1 is 1.44 bits per heavy atom. The fraction of sp³-hybridized carbons (Fsp3) is 0.273. The quantitative estimate of drug-likeness (QED) is 0.492. The lowest BCUT2D eigenvalue weighted by molar-refractivity contribution is -0.122. The molecule has 1 aromatic carbocycles. The van der Waals surface area contributed by atoms with Crippen LogP contribution in [0.1, 0.15) is 5.56 Å². The highest BCUT2D eigenvalue weighted by molar-refractivity contribution is 7.80. The molecule has 1 rings (SSSR count). The van der Waals surface area contributed by atoms with Crippen molar-refractivity contribution in [3.05, 3.63) is 29.6 Å². The molecule has 7 heteroatoms. The molecular weight excluding hydrogens is 257 g/mol. The van der Waals surface area contributed by atoms with Gasteiger partial charge in [0, 0.05) is 12.2 Å². The van der Waals surface area contributed by atoms with Crippen molar-refractivity contribution in [2.24, 2.45) is 11.5 Å². The summed E-state index contributed by atoms with van der Waals surface area (Å²) in [5.74, 6) is -1.02. The van der Waals surface area contributed by atoms with E-state index in [1.54, 1.807) is 12.1 Å². The fourth-order valence-electron chi connectivity index (χ4n) is 1.35. The number of anilines is 1. The van der Waals surface area contributed by atoms with Gasteiger partial charge in [0.15, 0.2) is 0 Å². The lowest BCUT2D eigenvalue weighted by Crippen LogP contribution is -2.21. The van der Waals surface area contributed by atoms with Crippen LogP contribution >= 0.6 is 12.2 Å². The van der Waals surface area contributed by atoms with E-state index in [1.165, 1.54) is 6.07 Å². The molecule has 0 fully saturated rings. The highest BCUT2D eigenvalue weighted by atomic mass is 32.1. The van der Waals surface area contributed by atoms with Crippen LogP contribution in [0.5, 0.6) is 0 Å². The summed E-state index contributed by atoms with van der Waals surface area (Å²) in [7, 11) is 0. The fourth-order valence-corrected chi connectivity index (χ4v) is 1.56. The molecule has 0 radical (unpaired) electrons. The van der Waals surface area contributed by atoms with Gasteiger partial charge in [-0.1, -0.05) is 18.3 Å². The maximum Gasteiger partial charge on any atom is 0.243 e. The highest BCUT2D eigenvalue weighted by Gasteiger charge is 2.10. The normalized spacial score (nSPS) is 10.1. The molecule has 0 aromatic heterocycles. The number of ether oxygens (including phenoxy) is 1. The first kappa shape index (κ1) is 14.3. The molecule has 0 saturated heterocycles. The van der Waals surface area contributed by atoms with Crippen LogP contribution in [0.15, 0.2) is 18.2 Å². The van der Waals surface area contributed by atoms with Gasteiger partial charge in [0.25, 0.3) is 0 Å². The number of hydrogen-bond donors (Lipinski definition) is 3. The van der Waals surface area contributed by atoms with E-state index in [0.717, 1.165) is 0 Å². The van der Waals surface area contributed by atoms with Gasteiger partial charge in [0.1, 0.15) is 17.4 Å². The molecule has 1 amide bonds. The number of nitrogens with one attached hydrogen (secondary N) is 1. The van der Waals surface area contributed by atoms with Gasteiger partial charge in [0.05, 0.1) is 12.2 Å². The predicted molar refractivity (Wildman–Crippen MR) is 70.8 cm³/mol. The minimum atomic E-state index is -0.537. The smallest absolute Gasteiger partial charge is 0.243 e. The molecule has 1 aromatic rings. The average Bonchev–Trinajstić information content (AvgIpc) is 2.27. The van der Waals surface area contributed by atoms with Gasteiger partial charge in [-0.05, 0) is 12.1 Å². The van der Waals surface area contributed by atoms with Crippen LogP contribution in [0.25, 0.3) is 0 Å². The van der Waals surface area contributed by atoms with Gasteiger partial charge in [-0.3, -0.25) is 4.79 Å². The Bertz CT molecular complexity index is 454. The molecule has 0 aliphatic heterocycles. The Morgan fingerprint density at radius 2 is 2.17 bits per heavy atom. The second-order valence-electron chi connectivity index (χ2n) is 3.47. The van der Waals surface area contributed by atoms with E-state index in [4.69, 9.17) is 28.4 Å². The molecule has 0 aliphatic rings. The van der Waals surface area contributed by atoms with Crippen LogP contribution in [0.4, 0.5) is 10.1 Å². The number of carbonyl (C=O) groups excluding carboxylic acids is 1. The molecule has 0 atom stereocenters. The number of primary amides is 1. The molecule has 0 aliphatic carbocycles. The SMILES string of the molecule is NC(=O)COCCNc1cccc(F)c1C(N)=S. The summed E-state index contributed by atoms with van der Waals surface area (Å²) >= 11 is 4.78. The first-order valence-electron chi connectivity index (χ1n) is 5.20. The van der Waals surface area contributed by atoms with E-state index < -0.39 is 11.7 Å². The summed E-state index contributed by atoms with van der Waals surface area (Å²) in [5.41, 5.74) is 11.0. The average molecular weight is 271 g/mol. The van der Waals surface area contributed by atoms with Crippen molar-refractivity contribution in [1.29, 1.82) is 0 Å². The maximum atomic E-state index is 13.5.